The summed E-state index contributed by atoms with van der Waals surface area (Å²) in [6.07, 6.45) is 5.06. The van der Waals surface area contributed by atoms with Gasteiger partial charge in [-0.15, -0.1) is 11.3 Å². The lowest BCUT2D eigenvalue weighted by molar-refractivity contribution is 0.331. The largest absolute Gasteiger partial charge is 0.351 e. The lowest BCUT2D eigenvalue weighted by Crippen LogP contribution is -2.48. The van der Waals surface area contributed by atoms with Crippen molar-refractivity contribution in [1.82, 2.24) is 25.0 Å². The van der Waals surface area contributed by atoms with Gasteiger partial charge in [-0.25, -0.2) is 9.97 Å². The zero-order valence-corrected chi connectivity index (χ0v) is 10.3. The molecule has 7 heteroatoms. The number of anilines is 1. The third kappa shape index (κ3) is 1.40. The number of thiophene rings is 1. The maximum Gasteiger partial charge on any atom is 0.150 e. The number of rotatable bonds is 2. The first-order valence-electron chi connectivity index (χ1n) is 5.71. The molecule has 0 spiro atoms. The van der Waals surface area contributed by atoms with Crippen LogP contribution in [-0.2, 0) is 0 Å². The fourth-order valence-corrected chi connectivity index (χ4v) is 3.05. The minimum Gasteiger partial charge on any atom is -0.351 e. The lowest BCUT2D eigenvalue weighted by atomic mass is 10.1. The summed E-state index contributed by atoms with van der Waals surface area (Å²) in [5.41, 5.74) is 1.02. The minimum absolute atomic E-state index is 0.352. The summed E-state index contributed by atoms with van der Waals surface area (Å²) in [7, 11) is 0. The van der Waals surface area contributed by atoms with Gasteiger partial charge in [-0.1, -0.05) is 0 Å². The van der Waals surface area contributed by atoms with Crippen LogP contribution in [0.2, 0.25) is 0 Å². The van der Waals surface area contributed by atoms with Crippen LogP contribution >= 0.6 is 11.3 Å². The Labute approximate surface area is 107 Å². The van der Waals surface area contributed by atoms with Gasteiger partial charge in [0.1, 0.15) is 18.2 Å². The van der Waals surface area contributed by atoms with Crippen LogP contribution < -0.4 is 4.90 Å². The van der Waals surface area contributed by atoms with Gasteiger partial charge in [0.2, 0.25) is 0 Å². The van der Waals surface area contributed by atoms with Gasteiger partial charge in [0, 0.05) is 13.1 Å². The van der Waals surface area contributed by atoms with Crippen LogP contribution in [0.25, 0.3) is 10.2 Å². The monoisotopic (exact) mass is 258 g/mol. The molecular weight excluding hydrogens is 248 g/mol. The van der Waals surface area contributed by atoms with E-state index in [1.807, 2.05) is 6.07 Å². The predicted octanol–water partition coefficient (Wildman–Crippen LogP) is 1.34. The van der Waals surface area contributed by atoms with E-state index in [1.165, 1.54) is 0 Å². The molecular formula is C11H10N6S. The quantitative estimate of drug-likeness (QED) is 0.694. The van der Waals surface area contributed by atoms with E-state index >= 15 is 0 Å². The van der Waals surface area contributed by atoms with E-state index in [9.17, 15) is 0 Å². The zero-order valence-electron chi connectivity index (χ0n) is 9.47. The van der Waals surface area contributed by atoms with E-state index in [-0.39, 0.29) is 0 Å². The van der Waals surface area contributed by atoms with Crippen molar-refractivity contribution in [3.8, 4) is 0 Å². The van der Waals surface area contributed by atoms with Crippen LogP contribution in [0.1, 0.15) is 6.04 Å². The molecule has 3 aromatic heterocycles. The van der Waals surface area contributed by atoms with Crippen LogP contribution in [0.5, 0.6) is 0 Å². The Morgan fingerprint density at radius 2 is 2.00 bits per heavy atom. The van der Waals surface area contributed by atoms with Crippen molar-refractivity contribution in [3.63, 3.8) is 0 Å². The molecule has 4 heterocycles. The van der Waals surface area contributed by atoms with Gasteiger partial charge in [-0.3, -0.25) is 0 Å². The van der Waals surface area contributed by atoms with Gasteiger partial charge < -0.3 is 4.90 Å². The molecule has 90 valence electrons. The van der Waals surface area contributed by atoms with Gasteiger partial charge in [0.25, 0.3) is 0 Å². The third-order valence-corrected chi connectivity index (χ3v) is 4.05. The summed E-state index contributed by atoms with van der Waals surface area (Å²) < 4.78 is 1.16. The molecule has 0 bridgehead atoms. The molecule has 6 nitrogen and oxygen atoms in total. The Hall–Kier alpha value is -2.02. The molecule has 1 aliphatic rings. The van der Waals surface area contributed by atoms with Crippen molar-refractivity contribution in [2.45, 2.75) is 6.04 Å². The number of hydrogen-bond acceptors (Lipinski definition) is 6. The van der Waals surface area contributed by atoms with E-state index in [0.717, 1.165) is 29.1 Å². The summed E-state index contributed by atoms with van der Waals surface area (Å²) in [4.78, 5) is 12.7. The van der Waals surface area contributed by atoms with Crippen molar-refractivity contribution >= 4 is 27.4 Å². The van der Waals surface area contributed by atoms with Gasteiger partial charge >= 0.3 is 0 Å². The average molecular weight is 258 g/mol. The third-order valence-electron chi connectivity index (χ3n) is 3.15. The normalized spacial score (nSPS) is 16.1. The van der Waals surface area contributed by atoms with E-state index in [2.05, 4.69) is 30.4 Å². The van der Waals surface area contributed by atoms with Crippen molar-refractivity contribution in [2.24, 2.45) is 0 Å². The second-order valence-corrected chi connectivity index (χ2v) is 5.16. The first-order valence-corrected chi connectivity index (χ1v) is 6.59. The molecule has 18 heavy (non-hydrogen) atoms. The molecule has 0 aliphatic carbocycles. The molecule has 4 rings (SSSR count). The van der Waals surface area contributed by atoms with Crippen molar-refractivity contribution in [3.05, 3.63) is 30.2 Å². The minimum atomic E-state index is 0.352. The first kappa shape index (κ1) is 9.95. The highest BCUT2D eigenvalue weighted by atomic mass is 32.1. The first-order chi connectivity index (χ1) is 8.92. The fourth-order valence-electron chi connectivity index (χ4n) is 2.19. The molecule has 0 saturated carbocycles. The van der Waals surface area contributed by atoms with Crippen LogP contribution in [-0.4, -0.2) is 38.1 Å². The second-order valence-electron chi connectivity index (χ2n) is 4.24. The molecule has 3 aromatic rings. The highest BCUT2D eigenvalue weighted by Crippen LogP contribution is 2.32. The smallest absolute Gasteiger partial charge is 0.150 e. The second kappa shape index (κ2) is 3.74. The van der Waals surface area contributed by atoms with Crippen LogP contribution in [0.3, 0.4) is 0 Å². The van der Waals surface area contributed by atoms with Gasteiger partial charge in [-0.2, -0.15) is 15.0 Å². The number of nitrogens with zero attached hydrogens (tertiary/aromatic N) is 6. The topological polar surface area (TPSA) is 59.7 Å². The number of hydrogen-bond donors (Lipinski definition) is 0. The summed E-state index contributed by atoms with van der Waals surface area (Å²) >= 11 is 1.69. The van der Waals surface area contributed by atoms with E-state index in [1.54, 1.807) is 34.9 Å². The highest BCUT2D eigenvalue weighted by Gasteiger charge is 2.31. The molecule has 0 atom stereocenters. The molecule has 0 unspecified atom stereocenters. The van der Waals surface area contributed by atoms with E-state index < -0.39 is 0 Å². The van der Waals surface area contributed by atoms with Gasteiger partial charge in [0.05, 0.1) is 22.6 Å². The molecule has 1 saturated heterocycles. The van der Waals surface area contributed by atoms with E-state index in [0.29, 0.717) is 6.04 Å². The highest BCUT2D eigenvalue weighted by molar-refractivity contribution is 7.17. The van der Waals surface area contributed by atoms with E-state index in [4.69, 9.17) is 0 Å². The van der Waals surface area contributed by atoms with Crippen molar-refractivity contribution in [2.75, 3.05) is 18.0 Å². The van der Waals surface area contributed by atoms with Crippen LogP contribution in [0.4, 0.5) is 5.82 Å². The molecule has 0 N–H and O–H groups in total. The number of fused-ring (bicyclic) bond motifs is 1. The standard InChI is InChI=1S/C11H10N6S/c1-4-18-10-9(1)12-7-13-11(10)16-5-8(6-16)17-14-2-3-15-17/h1-4,7-8H,5-6H2. The molecule has 1 aliphatic heterocycles. The number of aromatic nitrogens is 5. The Balaban J connectivity index is 1.61. The molecule has 0 radical (unpaired) electrons. The maximum absolute atomic E-state index is 4.39. The maximum atomic E-state index is 4.39. The summed E-state index contributed by atoms with van der Waals surface area (Å²) in [5.74, 6) is 1.03. The average Bonchev–Trinajstić information content (AvgIpc) is 2.97. The lowest BCUT2D eigenvalue weighted by Gasteiger charge is -2.39. The van der Waals surface area contributed by atoms with Crippen LogP contribution in [0.15, 0.2) is 30.2 Å². The Bertz CT molecular complexity index is 670. The summed E-state index contributed by atoms with van der Waals surface area (Å²) in [6.45, 7) is 1.80. The SMILES string of the molecule is c1nc(N2CC(n3nccn3)C2)c2sccc2n1. The fraction of sp³-hybridized carbons (Fsp3) is 0.273. The van der Waals surface area contributed by atoms with Crippen molar-refractivity contribution in [1.29, 1.82) is 0 Å². The van der Waals surface area contributed by atoms with Crippen molar-refractivity contribution < 1.29 is 0 Å². The van der Waals surface area contributed by atoms with Gasteiger partial charge in [-0.05, 0) is 11.4 Å². The Kier molecular flexibility index (Phi) is 2.07. The molecule has 0 amide bonds. The predicted molar refractivity (Wildman–Crippen MR) is 68.7 cm³/mol. The van der Waals surface area contributed by atoms with Crippen LogP contribution in [0, 0.1) is 0 Å². The Morgan fingerprint density at radius 1 is 1.17 bits per heavy atom. The van der Waals surface area contributed by atoms with Gasteiger partial charge in [0.15, 0.2) is 0 Å². The molecule has 1 fully saturated rings. The summed E-state index contributed by atoms with van der Waals surface area (Å²) in [6, 6.07) is 2.38. The molecule has 0 aromatic carbocycles. The Morgan fingerprint density at radius 3 is 2.83 bits per heavy atom. The zero-order chi connectivity index (χ0) is 11.9. The summed E-state index contributed by atoms with van der Waals surface area (Å²) in [5, 5.41) is 10.4.